The van der Waals surface area contributed by atoms with Crippen molar-refractivity contribution in [1.82, 2.24) is 9.97 Å². The van der Waals surface area contributed by atoms with E-state index < -0.39 is 5.97 Å². The smallest absolute Gasteiger partial charge is 0.303 e. The van der Waals surface area contributed by atoms with Crippen molar-refractivity contribution in [3.63, 3.8) is 0 Å². The Morgan fingerprint density at radius 3 is 2.90 bits per heavy atom. The zero-order valence-electron chi connectivity index (χ0n) is 10.6. The van der Waals surface area contributed by atoms with Crippen molar-refractivity contribution in [1.29, 1.82) is 0 Å². The van der Waals surface area contributed by atoms with Gasteiger partial charge in [0, 0.05) is 36.2 Å². The molecule has 0 fully saturated rings. The number of carbonyl (C=O) groups excluding carboxylic acids is 1. The Kier molecular flexibility index (Phi) is 4.78. The average Bonchev–Trinajstić information content (AvgIpc) is 2.88. The van der Waals surface area contributed by atoms with Gasteiger partial charge in [0.1, 0.15) is 0 Å². The molecule has 0 bridgehead atoms. The Balaban J connectivity index is 1.90. The number of hydrogen-bond donors (Lipinski definition) is 2. The highest BCUT2D eigenvalue weighted by Gasteiger charge is 2.08. The normalized spacial score (nSPS) is 10.2. The lowest BCUT2D eigenvalue weighted by Crippen LogP contribution is -2.11. The molecule has 0 spiro atoms. The van der Waals surface area contributed by atoms with Gasteiger partial charge in [0.25, 0.3) is 0 Å². The summed E-state index contributed by atoms with van der Waals surface area (Å²) in [4.78, 5) is 30.2. The van der Waals surface area contributed by atoms with Crippen LogP contribution in [0.1, 0.15) is 19.3 Å². The molecule has 2 aromatic heterocycles. The number of anilines is 1. The first-order valence-corrected chi connectivity index (χ1v) is 6.90. The second-order valence-corrected chi connectivity index (χ2v) is 4.93. The molecule has 2 heterocycles. The van der Waals surface area contributed by atoms with E-state index in [4.69, 9.17) is 5.11 Å². The van der Waals surface area contributed by atoms with Crippen molar-refractivity contribution in [2.24, 2.45) is 0 Å². The molecule has 0 saturated heterocycles. The minimum atomic E-state index is -0.897. The molecule has 7 heteroatoms. The zero-order chi connectivity index (χ0) is 14.4. The molecule has 2 N–H and O–H groups in total. The van der Waals surface area contributed by atoms with E-state index in [-0.39, 0.29) is 18.7 Å². The van der Waals surface area contributed by atoms with E-state index in [1.807, 2.05) is 17.5 Å². The second-order valence-electron chi connectivity index (χ2n) is 4.08. The molecule has 104 valence electrons. The van der Waals surface area contributed by atoms with Gasteiger partial charge in [-0.05, 0) is 18.6 Å². The Morgan fingerprint density at radius 2 is 2.20 bits per heavy atom. The Labute approximate surface area is 119 Å². The van der Waals surface area contributed by atoms with E-state index in [9.17, 15) is 9.59 Å². The summed E-state index contributed by atoms with van der Waals surface area (Å²) in [5.74, 6) is -1.12. The molecule has 0 aliphatic rings. The topological polar surface area (TPSA) is 92.2 Å². The summed E-state index contributed by atoms with van der Waals surface area (Å²) in [5.41, 5.74) is 1.64. The molecule has 0 aromatic carbocycles. The van der Waals surface area contributed by atoms with Crippen molar-refractivity contribution >= 4 is 28.3 Å². The molecule has 2 aromatic rings. The Morgan fingerprint density at radius 1 is 1.35 bits per heavy atom. The number of carboxylic acids is 1. The van der Waals surface area contributed by atoms with Crippen molar-refractivity contribution in [2.45, 2.75) is 19.3 Å². The maximum absolute atomic E-state index is 11.6. The van der Waals surface area contributed by atoms with Crippen LogP contribution in [-0.2, 0) is 9.59 Å². The summed E-state index contributed by atoms with van der Waals surface area (Å²) < 4.78 is 0. The van der Waals surface area contributed by atoms with Crippen LogP contribution >= 0.6 is 11.3 Å². The fourth-order valence-electron chi connectivity index (χ4n) is 1.56. The van der Waals surface area contributed by atoms with Gasteiger partial charge in [-0.3, -0.25) is 14.6 Å². The first-order chi connectivity index (χ1) is 9.65. The number of hydrogen-bond acceptors (Lipinski definition) is 5. The van der Waals surface area contributed by atoms with Crippen LogP contribution in [0.5, 0.6) is 0 Å². The maximum Gasteiger partial charge on any atom is 0.303 e. The van der Waals surface area contributed by atoms with Gasteiger partial charge in [0.05, 0.1) is 5.69 Å². The average molecular weight is 291 g/mol. The predicted molar refractivity (Wildman–Crippen MR) is 75.5 cm³/mol. The van der Waals surface area contributed by atoms with Crippen LogP contribution in [0.3, 0.4) is 0 Å². The van der Waals surface area contributed by atoms with Crippen LogP contribution < -0.4 is 5.32 Å². The van der Waals surface area contributed by atoms with Gasteiger partial charge in [0.2, 0.25) is 5.91 Å². The van der Waals surface area contributed by atoms with Crippen molar-refractivity contribution in [2.75, 3.05) is 5.32 Å². The summed E-state index contributed by atoms with van der Waals surface area (Å²) >= 11 is 1.33. The quantitative estimate of drug-likeness (QED) is 0.852. The number of aliphatic carboxylic acids is 1. The molecule has 20 heavy (non-hydrogen) atoms. The maximum atomic E-state index is 11.6. The van der Waals surface area contributed by atoms with Gasteiger partial charge in [0.15, 0.2) is 5.13 Å². The number of carbonyl (C=O) groups is 2. The number of pyridine rings is 1. The highest BCUT2D eigenvalue weighted by Crippen LogP contribution is 2.24. The van der Waals surface area contributed by atoms with Gasteiger partial charge >= 0.3 is 5.97 Å². The van der Waals surface area contributed by atoms with Gasteiger partial charge in [-0.25, -0.2) is 4.98 Å². The fraction of sp³-hybridized carbons (Fsp3) is 0.231. The largest absolute Gasteiger partial charge is 0.481 e. The molecule has 1 amide bonds. The lowest BCUT2D eigenvalue weighted by molar-refractivity contribution is -0.137. The second kappa shape index (κ2) is 6.76. The molecule has 6 nitrogen and oxygen atoms in total. The van der Waals surface area contributed by atoms with E-state index in [0.717, 1.165) is 11.3 Å². The minimum absolute atomic E-state index is 0.00771. The molecule has 0 aliphatic carbocycles. The van der Waals surface area contributed by atoms with E-state index in [0.29, 0.717) is 11.6 Å². The predicted octanol–water partition coefficient (Wildman–Crippen LogP) is 2.40. The van der Waals surface area contributed by atoms with Crippen LogP contribution in [0.25, 0.3) is 11.3 Å². The van der Waals surface area contributed by atoms with Crippen LogP contribution in [0.2, 0.25) is 0 Å². The molecule has 0 atom stereocenters. The molecular weight excluding hydrogens is 278 g/mol. The first kappa shape index (κ1) is 14.1. The molecule has 0 unspecified atom stereocenters. The summed E-state index contributed by atoms with van der Waals surface area (Å²) in [6.07, 6.45) is 3.87. The van der Waals surface area contributed by atoms with E-state index in [2.05, 4.69) is 15.3 Å². The molecular formula is C13H13N3O3S. The number of amides is 1. The number of aromatic nitrogens is 2. The van der Waals surface area contributed by atoms with Crippen LogP contribution in [0, 0.1) is 0 Å². The zero-order valence-corrected chi connectivity index (χ0v) is 11.4. The van der Waals surface area contributed by atoms with Crippen LogP contribution in [0.4, 0.5) is 5.13 Å². The third kappa shape index (κ3) is 4.13. The summed E-state index contributed by atoms with van der Waals surface area (Å²) in [5, 5.41) is 13.5. The van der Waals surface area contributed by atoms with Crippen LogP contribution in [-0.4, -0.2) is 27.0 Å². The summed E-state index contributed by atoms with van der Waals surface area (Å²) in [6.45, 7) is 0. The number of rotatable bonds is 6. The molecule has 0 radical (unpaired) electrons. The Hall–Kier alpha value is -2.28. The third-order valence-electron chi connectivity index (χ3n) is 2.50. The number of nitrogens with zero attached hydrogens (tertiary/aromatic N) is 2. The number of thiazole rings is 1. The summed E-state index contributed by atoms with van der Waals surface area (Å²) in [7, 11) is 0. The van der Waals surface area contributed by atoms with Crippen molar-refractivity contribution in [3.05, 3.63) is 29.9 Å². The standard InChI is InChI=1S/C13H13N3O3S/c17-11(4-1-5-12(18)19)16-13-15-10(8-20-13)9-3-2-6-14-7-9/h2-3,6-8H,1,4-5H2,(H,18,19)(H,15,16,17). The SMILES string of the molecule is O=C(O)CCCC(=O)Nc1nc(-c2cccnc2)cs1. The van der Waals surface area contributed by atoms with Crippen molar-refractivity contribution < 1.29 is 14.7 Å². The fourth-order valence-corrected chi connectivity index (χ4v) is 2.30. The first-order valence-electron chi connectivity index (χ1n) is 6.03. The highest BCUT2D eigenvalue weighted by atomic mass is 32.1. The van der Waals surface area contributed by atoms with Gasteiger partial charge in [-0.1, -0.05) is 0 Å². The van der Waals surface area contributed by atoms with Gasteiger partial charge in [-0.2, -0.15) is 0 Å². The third-order valence-corrected chi connectivity index (χ3v) is 3.26. The van der Waals surface area contributed by atoms with E-state index in [1.54, 1.807) is 12.4 Å². The summed E-state index contributed by atoms with van der Waals surface area (Å²) in [6, 6.07) is 3.71. The lowest BCUT2D eigenvalue weighted by Gasteiger charge is -2.00. The molecule has 0 aliphatic heterocycles. The van der Waals surface area contributed by atoms with Gasteiger partial charge in [-0.15, -0.1) is 11.3 Å². The Bertz CT molecular complexity index is 598. The highest BCUT2D eigenvalue weighted by molar-refractivity contribution is 7.14. The van der Waals surface area contributed by atoms with Crippen LogP contribution in [0.15, 0.2) is 29.9 Å². The number of nitrogens with one attached hydrogen (secondary N) is 1. The monoisotopic (exact) mass is 291 g/mol. The van der Waals surface area contributed by atoms with E-state index in [1.165, 1.54) is 11.3 Å². The van der Waals surface area contributed by atoms with Crippen molar-refractivity contribution in [3.8, 4) is 11.3 Å². The molecule has 0 saturated carbocycles. The van der Waals surface area contributed by atoms with Gasteiger partial charge < -0.3 is 10.4 Å². The minimum Gasteiger partial charge on any atom is -0.481 e. The van der Waals surface area contributed by atoms with E-state index >= 15 is 0 Å². The number of carboxylic acid groups (broad SMARTS) is 1. The molecule has 2 rings (SSSR count). The lowest BCUT2D eigenvalue weighted by atomic mass is 10.2.